The van der Waals surface area contributed by atoms with Crippen molar-refractivity contribution in [2.75, 3.05) is 0 Å². The van der Waals surface area contributed by atoms with Gasteiger partial charge in [-0.2, -0.15) is 0 Å². The van der Waals surface area contributed by atoms with Gasteiger partial charge in [0.05, 0.1) is 18.5 Å². The maximum atomic E-state index is 13.1. The highest BCUT2D eigenvalue weighted by Crippen LogP contribution is 2.10. The number of aromatic nitrogens is 3. The fraction of sp³-hybridized carbons (Fsp3) is 0.235. The van der Waals surface area contributed by atoms with Gasteiger partial charge < -0.3 is 5.32 Å². The molecule has 1 aromatic heterocycles. The van der Waals surface area contributed by atoms with Crippen LogP contribution in [0.15, 0.2) is 48.5 Å². The standard InChI is InChI=1S/C17H17FN4O/c1-12(11-22-16-8-3-2-7-15(16)20-21-22)19-17(23)10-13-5-4-6-14(18)9-13/h2-9,12H,10-11H2,1H3,(H,19,23)/t12-/m0/s1. The van der Waals surface area contributed by atoms with Crippen LogP contribution >= 0.6 is 0 Å². The molecule has 3 rings (SSSR count). The zero-order valence-corrected chi connectivity index (χ0v) is 12.7. The molecule has 0 aliphatic carbocycles. The number of para-hydroxylation sites is 1. The molecule has 0 unspecified atom stereocenters. The van der Waals surface area contributed by atoms with Crippen LogP contribution in [-0.2, 0) is 17.8 Å². The Labute approximate surface area is 133 Å². The van der Waals surface area contributed by atoms with Gasteiger partial charge in [0.15, 0.2) is 0 Å². The van der Waals surface area contributed by atoms with Crippen molar-refractivity contribution in [3.05, 3.63) is 59.9 Å². The predicted octanol–water partition coefficient (Wildman–Crippen LogP) is 2.32. The van der Waals surface area contributed by atoms with Crippen LogP contribution in [0.1, 0.15) is 12.5 Å². The van der Waals surface area contributed by atoms with Crippen molar-refractivity contribution in [2.24, 2.45) is 0 Å². The summed E-state index contributed by atoms with van der Waals surface area (Å²) in [5.41, 5.74) is 2.41. The summed E-state index contributed by atoms with van der Waals surface area (Å²) in [6.45, 7) is 2.43. The van der Waals surface area contributed by atoms with Crippen molar-refractivity contribution >= 4 is 16.9 Å². The van der Waals surface area contributed by atoms with Crippen molar-refractivity contribution in [1.82, 2.24) is 20.3 Å². The molecule has 1 N–H and O–H groups in total. The molecule has 5 nitrogen and oxygen atoms in total. The zero-order chi connectivity index (χ0) is 16.2. The third-order valence-electron chi connectivity index (χ3n) is 3.53. The molecular weight excluding hydrogens is 295 g/mol. The van der Waals surface area contributed by atoms with Gasteiger partial charge in [-0.05, 0) is 36.8 Å². The first-order valence-electron chi connectivity index (χ1n) is 7.44. The lowest BCUT2D eigenvalue weighted by molar-refractivity contribution is -0.121. The molecular formula is C17H17FN4O. The lowest BCUT2D eigenvalue weighted by Gasteiger charge is -2.14. The van der Waals surface area contributed by atoms with Crippen molar-refractivity contribution in [2.45, 2.75) is 25.9 Å². The van der Waals surface area contributed by atoms with Gasteiger partial charge in [-0.25, -0.2) is 9.07 Å². The van der Waals surface area contributed by atoms with Crippen LogP contribution in [0.4, 0.5) is 4.39 Å². The van der Waals surface area contributed by atoms with E-state index in [1.54, 1.807) is 16.8 Å². The van der Waals surface area contributed by atoms with E-state index in [1.807, 2.05) is 31.2 Å². The number of carbonyl (C=O) groups is 1. The second-order valence-electron chi connectivity index (χ2n) is 5.54. The molecule has 0 saturated heterocycles. The second-order valence-corrected chi connectivity index (χ2v) is 5.54. The fourth-order valence-electron chi connectivity index (χ4n) is 2.52. The molecule has 0 fully saturated rings. The van der Waals surface area contributed by atoms with E-state index in [2.05, 4.69) is 15.6 Å². The summed E-state index contributed by atoms with van der Waals surface area (Å²) in [6, 6.07) is 13.6. The Hall–Kier alpha value is -2.76. The van der Waals surface area contributed by atoms with Crippen LogP contribution in [0.5, 0.6) is 0 Å². The first-order chi connectivity index (χ1) is 11.1. The van der Waals surface area contributed by atoms with E-state index in [9.17, 15) is 9.18 Å². The van der Waals surface area contributed by atoms with Gasteiger partial charge in [-0.15, -0.1) is 5.10 Å². The maximum Gasteiger partial charge on any atom is 0.224 e. The van der Waals surface area contributed by atoms with Gasteiger partial charge in [0.1, 0.15) is 11.3 Å². The molecule has 1 amide bonds. The van der Waals surface area contributed by atoms with Gasteiger partial charge in [0.2, 0.25) is 5.91 Å². The molecule has 6 heteroatoms. The minimum absolute atomic E-state index is 0.110. The van der Waals surface area contributed by atoms with E-state index >= 15 is 0 Å². The minimum Gasteiger partial charge on any atom is -0.351 e. The second kappa shape index (κ2) is 6.56. The Kier molecular flexibility index (Phi) is 4.32. The summed E-state index contributed by atoms with van der Waals surface area (Å²) in [4.78, 5) is 12.0. The number of hydrogen-bond donors (Lipinski definition) is 1. The van der Waals surface area contributed by atoms with Crippen LogP contribution in [0, 0.1) is 5.82 Å². The van der Waals surface area contributed by atoms with E-state index in [4.69, 9.17) is 0 Å². The normalized spacial score (nSPS) is 12.3. The molecule has 118 valence electrons. The summed E-state index contributed by atoms with van der Waals surface area (Å²) >= 11 is 0. The molecule has 2 aromatic carbocycles. The summed E-state index contributed by atoms with van der Waals surface area (Å²) < 4.78 is 14.9. The Morgan fingerprint density at radius 1 is 1.26 bits per heavy atom. The third-order valence-corrected chi connectivity index (χ3v) is 3.53. The number of nitrogens with zero attached hydrogens (tertiary/aromatic N) is 3. The average molecular weight is 312 g/mol. The van der Waals surface area contributed by atoms with E-state index in [-0.39, 0.29) is 24.2 Å². The van der Waals surface area contributed by atoms with Crippen LogP contribution in [0.25, 0.3) is 11.0 Å². The van der Waals surface area contributed by atoms with Crippen LogP contribution in [0.2, 0.25) is 0 Å². The summed E-state index contributed by atoms with van der Waals surface area (Å²) in [6.07, 6.45) is 0.153. The van der Waals surface area contributed by atoms with Crippen molar-refractivity contribution in [1.29, 1.82) is 0 Å². The quantitative estimate of drug-likeness (QED) is 0.786. The first kappa shape index (κ1) is 15.1. The summed E-state index contributed by atoms with van der Waals surface area (Å²) in [5, 5.41) is 11.1. The fourth-order valence-corrected chi connectivity index (χ4v) is 2.52. The molecule has 0 bridgehead atoms. The lowest BCUT2D eigenvalue weighted by atomic mass is 10.1. The van der Waals surface area contributed by atoms with E-state index in [0.717, 1.165) is 11.0 Å². The SMILES string of the molecule is C[C@@H](Cn1nnc2ccccc21)NC(=O)Cc1cccc(F)c1. The van der Waals surface area contributed by atoms with Crippen molar-refractivity contribution in [3.8, 4) is 0 Å². The molecule has 0 aliphatic rings. The number of nitrogens with one attached hydrogen (secondary N) is 1. The summed E-state index contributed by atoms with van der Waals surface area (Å²) in [7, 11) is 0. The molecule has 0 spiro atoms. The topological polar surface area (TPSA) is 59.8 Å². The number of rotatable bonds is 5. The third kappa shape index (κ3) is 3.71. The maximum absolute atomic E-state index is 13.1. The van der Waals surface area contributed by atoms with Crippen molar-refractivity contribution in [3.63, 3.8) is 0 Å². The Morgan fingerprint density at radius 3 is 2.91 bits per heavy atom. The molecule has 0 saturated carbocycles. The number of benzene rings is 2. The smallest absolute Gasteiger partial charge is 0.224 e. The van der Waals surface area contributed by atoms with Crippen molar-refractivity contribution < 1.29 is 9.18 Å². The molecule has 1 atom stereocenters. The van der Waals surface area contributed by atoms with Gasteiger partial charge in [-0.1, -0.05) is 29.5 Å². The molecule has 23 heavy (non-hydrogen) atoms. The highest BCUT2D eigenvalue weighted by molar-refractivity contribution is 5.79. The zero-order valence-electron chi connectivity index (χ0n) is 12.7. The van der Waals surface area contributed by atoms with Crippen LogP contribution < -0.4 is 5.32 Å². The Morgan fingerprint density at radius 2 is 2.09 bits per heavy atom. The van der Waals surface area contributed by atoms with Gasteiger partial charge >= 0.3 is 0 Å². The Balaban J connectivity index is 1.60. The predicted molar refractivity (Wildman–Crippen MR) is 85.2 cm³/mol. The first-order valence-corrected chi connectivity index (χ1v) is 7.44. The Bertz CT molecular complexity index is 830. The molecule has 0 aliphatic heterocycles. The van der Waals surface area contributed by atoms with E-state index in [1.165, 1.54) is 12.1 Å². The molecule has 3 aromatic rings. The monoisotopic (exact) mass is 312 g/mol. The highest BCUT2D eigenvalue weighted by Gasteiger charge is 2.11. The molecule has 1 heterocycles. The van der Waals surface area contributed by atoms with Gasteiger partial charge in [0.25, 0.3) is 0 Å². The van der Waals surface area contributed by atoms with Crippen LogP contribution in [0.3, 0.4) is 0 Å². The number of carbonyl (C=O) groups excluding carboxylic acids is 1. The number of halogens is 1. The highest BCUT2D eigenvalue weighted by atomic mass is 19.1. The van der Waals surface area contributed by atoms with Gasteiger partial charge in [0, 0.05) is 6.04 Å². The van der Waals surface area contributed by atoms with E-state index in [0.29, 0.717) is 12.1 Å². The number of fused-ring (bicyclic) bond motifs is 1. The average Bonchev–Trinajstić information content (AvgIpc) is 2.90. The lowest BCUT2D eigenvalue weighted by Crippen LogP contribution is -2.36. The molecule has 0 radical (unpaired) electrons. The van der Waals surface area contributed by atoms with Crippen LogP contribution in [-0.4, -0.2) is 26.9 Å². The number of hydrogen-bond acceptors (Lipinski definition) is 3. The van der Waals surface area contributed by atoms with Gasteiger partial charge in [-0.3, -0.25) is 4.79 Å². The minimum atomic E-state index is -0.336. The largest absolute Gasteiger partial charge is 0.351 e. The number of amides is 1. The summed E-state index contributed by atoms with van der Waals surface area (Å²) in [5.74, 6) is -0.482. The van der Waals surface area contributed by atoms with E-state index < -0.39 is 0 Å².